The molecule has 1 amide bonds. The van der Waals surface area contributed by atoms with Crippen molar-refractivity contribution in [1.82, 2.24) is 9.88 Å². The van der Waals surface area contributed by atoms with Crippen molar-refractivity contribution in [3.63, 3.8) is 0 Å². The van der Waals surface area contributed by atoms with E-state index in [-0.39, 0.29) is 30.2 Å². The molecule has 0 bridgehead atoms. The van der Waals surface area contributed by atoms with Crippen molar-refractivity contribution < 1.29 is 22.4 Å². The minimum atomic E-state index is -4.24. The molecule has 0 aromatic carbocycles. The second-order valence-corrected chi connectivity index (χ2v) is 6.79. The Bertz CT molecular complexity index is 643. The number of nitrogens with one attached hydrogen (secondary N) is 2. The maximum atomic E-state index is 12.9. The fourth-order valence-electron chi connectivity index (χ4n) is 1.91. The molecule has 0 saturated carbocycles. The Morgan fingerprint density at radius 2 is 2.15 bits per heavy atom. The van der Waals surface area contributed by atoms with Crippen molar-refractivity contribution in [2.45, 2.75) is 19.0 Å². The van der Waals surface area contributed by atoms with Crippen molar-refractivity contribution >= 4 is 40.1 Å². The molecule has 150 valence electrons. The van der Waals surface area contributed by atoms with Gasteiger partial charge in [-0.15, -0.1) is 0 Å². The molecule has 0 aliphatic rings. The van der Waals surface area contributed by atoms with Crippen molar-refractivity contribution in [2.75, 3.05) is 30.0 Å². The van der Waals surface area contributed by atoms with Gasteiger partial charge in [0, 0.05) is 30.3 Å². The third-order valence-electron chi connectivity index (χ3n) is 3.15. The van der Waals surface area contributed by atoms with E-state index in [0.29, 0.717) is 5.69 Å². The van der Waals surface area contributed by atoms with E-state index < -0.39 is 30.3 Å². The second kappa shape index (κ2) is 11.8. The normalized spacial score (nSPS) is 12.0. The molecule has 27 heavy (non-hydrogen) atoms. The van der Waals surface area contributed by atoms with E-state index >= 15 is 0 Å². The number of hydrogen-bond donors (Lipinski definition) is 2. The van der Waals surface area contributed by atoms with Gasteiger partial charge in [0.2, 0.25) is 5.91 Å². The highest BCUT2D eigenvalue weighted by Crippen LogP contribution is 2.22. The zero-order chi connectivity index (χ0) is 20.3. The predicted molar refractivity (Wildman–Crippen MR) is 99.8 cm³/mol. The lowest BCUT2D eigenvalue weighted by molar-refractivity contribution is -0.129. The van der Waals surface area contributed by atoms with Crippen LogP contribution in [0.1, 0.15) is 12.8 Å². The minimum Gasteiger partial charge on any atom is -0.358 e. The van der Waals surface area contributed by atoms with Crippen LogP contribution in [-0.2, 0) is 4.79 Å². The van der Waals surface area contributed by atoms with Crippen LogP contribution < -0.4 is 5.32 Å². The van der Waals surface area contributed by atoms with Crippen LogP contribution in [0.25, 0.3) is 0 Å². The molecule has 1 heterocycles. The second-order valence-electron chi connectivity index (χ2n) is 5.19. The molecule has 5 nitrogen and oxygen atoms in total. The minimum absolute atomic E-state index is 0.0385. The van der Waals surface area contributed by atoms with Gasteiger partial charge in [0.05, 0.1) is 30.5 Å². The monoisotopic (exact) mass is 426 g/mol. The molecule has 1 aromatic rings. The van der Waals surface area contributed by atoms with Crippen LogP contribution in [0.3, 0.4) is 0 Å². The summed E-state index contributed by atoms with van der Waals surface area (Å²) in [7, 11) is 0. The molecule has 0 radical (unpaired) electrons. The Morgan fingerprint density at radius 3 is 2.70 bits per heavy atom. The molecule has 0 unspecified atom stereocenters. The Hall–Kier alpha value is -1.81. The molecule has 0 atom stereocenters. The molecule has 0 spiro atoms. The van der Waals surface area contributed by atoms with E-state index in [1.165, 1.54) is 12.4 Å². The predicted octanol–water partition coefficient (Wildman–Crippen LogP) is 4.42. The highest BCUT2D eigenvalue weighted by molar-refractivity contribution is 7.99. The number of alkyl halides is 4. The van der Waals surface area contributed by atoms with Gasteiger partial charge in [0.1, 0.15) is 11.8 Å². The number of hydrogen-bond acceptors (Lipinski definition) is 5. The molecule has 0 saturated heterocycles. The van der Waals surface area contributed by atoms with Crippen molar-refractivity contribution in [3.05, 3.63) is 36.4 Å². The van der Waals surface area contributed by atoms with E-state index in [1.54, 1.807) is 18.3 Å². The summed E-state index contributed by atoms with van der Waals surface area (Å²) in [5.41, 5.74) is 0.534. The number of thioether (sulfide) groups is 1. The van der Waals surface area contributed by atoms with Gasteiger partial charge >= 0.3 is 6.18 Å². The lowest BCUT2D eigenvalue weighted by Crippen LogP contribution is -2.35. The molecular weight excluding hydrogens is 408 g/mol. The van der Waals surface area contributed by atoms with E-state index in [2.05, 4.69) is 10.3 Å². The first-order valence-corrected chi connectivity index (χ1v) is 9.40. The fourth-order valence-corrected chi connectivity index (χ4v) is 2.96. The van der Waals surface area contributed by atoms with Crippen LogP contribution in [0.5, 0.6) is 0 Å². The largest absolute Gasteiger partial charge is 0.389 e. The Morgan fingerprint density at radius 1 is 1.41 bits per heavy atom. The smallest absolute Gasteiger partial charge is 0.358 e. The molecule has 11 heteroatoms. The maximum Gasteiger partial charge on any atom is 0.389 e. The summed E-state index contributed by atoms with van der Waals surface area (Å²) in [6, 6.07) is 3.36. The Labute approximate surface area is 163 Å². The van der Waals surface area contributed by atoms with Gasteiger partial charge in [-0.2, -0.15) is 24.9 Å². The number of pyridine rings is 1. The summed E-state index contributed by atoms with van der Waals surface area (Å²) in [6.07, 6.45) is -0.918. The van der Waals surface area contributed by atoms with E-state index in [1.807, 2.05) is 0 Å². The summed E-state index contributed by atoms with van der Waals surface area (Å²) in [5.74, 6) is -0.538. The van der Waals surface area contributed by atoms with Crippen LogP contribution in [0.15, 0.2) is 36.4 Å². The third-order valence-corrected chi connectivity index (χ3v) is 4.33. The van der Waals surface area contributed by atoms with Gasteiger partial charge < -0.3 is 10.2 Å². The number of halogens is 5. The number of rotatable bonds is 11. The highest BCUT2D eigenvalue weighted by atomic mass is 35.5. The van der Waals surface area contributed by atoms with Crippen LogP contribution in [0.2, 0.25) is 0 Å². The van der Waals surface area contributed by atoms with Gasteiger partial charge in [-0.3, -0.25) is 15.2 Å². The fraction of sp³-hybridized carbons (Fsp3) is 0.438. The van der Waals surface area contributed by atoms with Crippen molar-refractivity contribution in [1.29, 1.82) is 5.41 Å². The van der Waals surface area contributed by atoms with Crippen LogP contribution in [-0.4, -0.2) is 51.9 Å². The molecule has 0 aliphatic carbocycles. The molecule has 2 N–H and O–H groups in total. The molecule has 0 aliphatic heterocycles. The van der Waals surface area contributed by atoms with Crippen LogP contribution in [0, 0.1) is 5.41 Å². The van der Waals surface area contributed by atoms with Gasteiger partial charge in [0.15, 0.2) is 0 Å². The number of carbonyl (C=O) groups is 1. The molecule has 0 fully saturated rings. The van der Waals surface area contributed by atoms with Crippen molar-refractivity contribution in [3.8, 4) is 0 Å². The average molecular weight is 427 g/mol. The molecule has 1 aromatic heterocycles. The summed E-state index contributed by atoms with van der Waals surface area (Å²) in [4.78, 5) is 17.2. The Balaban J connectivity index is 2.70. The molecular formula is C16H19ClF4N4OS. The average Bonchev–Trinajstić information content (AvgIpc) is 2.60. The van der Waals surface area contributed by atoms with Gasteiger partial charge in [-0.25, -0.2) is 4.39 Å². The van der Waals surface area contributed by atoms with E-state index in [4.69, 9.17) is 17.0 Å². The first-order valence-electron chi connectivity index (χ1n) is 7.86. The number of carbonyl (C=O) groups excluding carboxylic acids is 1. The first kappa shape index (κ1) is 23.2. The quantitative estimate of drug-likeness (QED) is 0.312. The number of amides is 1. The summed E-state index contributed by atoms with van der Waals surface area (Å²) in [6.45, 7) is -1.18. The summed E-state index contributed by atoms with van der Waals surface area (Å²) in [5, 5.41) is 9.97. The maximum absolute atomic E-state index is 12.9. The van der Waals surface area contributed by atoms with Crippen LogP contribution >= 0.6 is 23.4 Å². The van der Waals surface area contributed by atoms with Gasteiger partial charge in [-0.05, 0) is 12.1 Å². The van der Waals surface area contributed by atoms with Crippen molar-refractivity contribution in [2.24, 2.45) is 0 Å². The zero-order valence-corrected chi connectivity index (χ0v) is 15.8. The first-order chi connectivity index (χ1) is 12.7. The molecule has 1 rings (SSSR count). The lowest BCUT2D eigenvalue weighted by Gasteiger charge is -2.23. The van der Waals surface area contributed by atoms with Crippen LogP contribution in [0.4, 0.5) is 23.2 Å². The lowest BCUT2D eigenvalue weighted by atomic mass is 10.3. The highest BCUT2D eigenvalue weighted by Gasteiger charge is 2.26. The SMILES string of the molecule is N=C(Cl)/C(=C\Nc1cccnc1)N(CCF)C(=O)CCSCCC(F)(F)F. The standard InChI is InChI=1S/C16H19ClF4N4OS/c17-15(22)13(11-24-12-2-1-6-23-10-12)25(7-5-18)14(26)3-8-27-9-4-16(19,20)21/h1-2,6,10-11,22,24H,3-5,7-9H2/b13-11+,22-15?. The third kappa shape index (κ3) is 9.62. The zero-order valence-electron chi connectivity index (χ0n) is 14.2. The Kier molecular flexibility index (Phi) is 10.2. The number of allylic oxidation sites excluding steroid dienone is 1. The summed E-state index contributed by atoms with van der Waals surface area (Å²) < 4.78 is 49.2. The number of anilines is 1. The van der Waals surface area contributed by atoms with Gasteiger partial charge in [-0.1, -0.05) is 11.6 Å². The summed E-state index contributed by atoms with van der Waals surface area (Å²) >= 11 is 6.71. The van der Waals surface area contributed by atoms with E-state index in [0.717, 1.165) is 16.7 Å². The van der Waals surface area contributed by atoms with Gasteiger partial charge in [0.25, 0.3) is 0 Å². The number of nitrogens with zero attached hydrogens (tertiary/aromatic N) is 2. The van der Waals surface area contributed by atoms with E-state index in [9.17, 15) is 22.4 Å². The topological polar surface area (TPSA) is 69.1 Å². The number of aromatic nitrogens is 1.